The van der Waals surface area contributed by atoms with Gasteiger partial charge in [0.25, 0.3) is 0 Å². The zero-order valence-electron chi connectivity index (χ0n) is 10.8. The molecule has 2 saturated heterocycles. The number of carbonyl (C=O) groups excluding carboxylic acids is 1. The standard InChI is InChI=1S/C13H24N2OS/c1-2-5-13(6-3-7-14-13)12(16)15-8-4-10-17-11-9-15/h14H,2-11H2,1H3. The molecule has 98 valence electrons. The number of thioether (sulfide) groups is 1. The van der Waals surface area contributed by atoms with Gasteiger partial charge in [0.05, 0.1) is 5.54 Å². The second-order valence-electron chi connectivity index (χ2n) is 5.12. The van der Waals surface area contributed by atoms with Crippen molar-refractivity contribution >= 4 is 17.7 Å². The monoisotopic (exact) mass is 256 g/mol. The lowest BCUT2D eigenvalue weighted by Crippen LogP contribution is -2.55. The third-order valence-corrected chi connectivity index (χ3v) is 4.89. The molecule has 1 amide bonds. The Morgan fingerprint density at radius 2 is 2.24 bits per heavy atom. The zero-order valence-corrected chi connectivity index (χ0v) is 11.7. The van der Waals surface area contributed by atoms with E-state index < -0.39 is 0 Å². The number of nitrogens with one attached hydrogen (secondary N) is 1. The van der Waals surface area contributed by atoms with Crippen LogP contribution in [0.2, 0.25) is 0 Å². The summed E-state index contributed by atoms with van der Waals surface area (Å²) >= 11 is 1.98. The van der Waals surface area contributed by atoms with Gasteiger partial charge in [0.15, 0.2) is 0 Å². The highest BCUT2D eigenvalue weighted by molar-refractivity contribution is 7.99. The smallest absolute Gasteiger partial charge is 0.242 e. The molecule has 0 aromatic heterocycles. The molecule has 0 saturated carbocycles. The van der Waals surface area contributed by atoms with Gasteiger partial charge in [-0.15, -0.1) is 0 Å². The lowest BCUT2D eigenvalue weighted by molar-refractivity contribution is -0.138. The van der Waals surface area contributed by atoms with E-state index in [0.29, 0.717) is 5.91 Å². The average Bonchev–Trinajstić information content (AvgIpc) is 2.65. The Labute approximate surface area is 109 Å². The highest BCUT2D eigenvalue weighted by Crippen LogP contribution is 2.28. The van der Waals surface area contributed by atoms with E-state index in [4.69, 9.17) is 0 Å². The van der Waals surface area contributed by atoms with Gasteiger partial charge >= 0.3 is 0 Å². The predicted molar refractivity (Wildman–Crippen MR) is 73.4 cm³/mol. The number of hydrogen-bond acceptors (Lipinski definition) is 3. The Hall–Kier alpha value is -0.220. The van der Waals surface area contributed by atoms with Crippen molar-refractivity contribution in [2.45, 2.75) is 44.6 Å². The van der Waals surface area contributed by atoms with Crippen LogP contribution >= 0.6 is 11.8 Å². The first-order valence-electron chi connectivity index (χ1n) is 6.91. The molecule has 0 aliphatic carbocycles. The Bertz CT molecular complexity index is 256. The minimum atomic E-state index is -0.218. The first-order valence-corrected chi connectivity index (χ1v) is 8.06. The Balaban J connectivity index is 2.04. The molecule has 17 heavy (non-hydrogen) atoms. The molecule has 3 nitrogen and oxygen atoms in total. The van der Waals surface area contributed by atoms with E-state index in [-0.39, 0.29) is 5.54 Å². The summed E-state index contributed by atoms with van der Waals surface area (Å²) in [7, 11) is 0. The van der Waals surface area contributed by atoms with E-state index in [1.165, 1.54) is 5.75 Å². The minimum absolute atomic E-state index is 0.218. The molecule has 0 spiro atoms. The molecule has 2 aliphatic heterocycles. The fourth-order valence-electron chi connectivity index (χ4n) is 2.99. The SMILES string of the molecule is CCCC1(C(=O)N2CCCSCC2)CCCN1. The quantitative estimate of drug-likeness (QED) is 0.837. The molecule has 0 aromatic rings. The molecule has 2 aliphatic rings. The van der Waals surface area contributed by atoms with Crippen LogP contribution in [0.4, 0.5) is 0 Å². The lowest BCUT2D eigenvalue weighted by Gasteiger charge is -2.34. The largest absolute Gasteiger partial charge is 0.340 e. The van der Waals surface area contributed by atoms with Crippen LogP contribution in [0.5, 0.6) is 0 Å². The fraction of sp³-hybridized carbons (Fsp3) is 0.923. The van der Waals surface area contributed by atoms with Crippen LogP contribution < -0.4 is 5.32 Å². The van der Waals surface area contributed by atoms with E-state index >= 15 is 0 Å². The molecule has 2 fully saturated rings. The predicted octanol–water partition coefficient (Wildman–Crippen LogP) is 1.87. The van der Waals surface area contributed by atoms with Gasteiger partial charge in [-0.25, -0.2) is 0 Å². The van der Waals surface area contributed by atoms with E-state index in [2.05, 4.69) is 17.1 Å². The van der Waals surface area contributed by atoms with E-state index in [1.807, 2.05) is 11.8 Å². The van der Waals surface area contributed by atoms with Crippen LogP contribution in [0.3, 0.4) is 0 Å². The fourth-order valence-corrected chi connectivity index (χ4v) is 3.87. The van der Waals surface area contributed by atoms with Gasteiger partial charge in [-0.3, -0.25) is 4.79 Å². The van der Waals surface area contributed by atoms with Crippen molar-refractivity contribution in [3.05, 3.63) is 0 Å². The molecule has 1 unspecified atom stereocenters. The number of nitrogens with zero attached hydrogens (tertiary/aromatic N) is 1. The molecule has 0 radical (unpaired) electrons. The van der Waals surface area contributed by atoms with Crippen LogP contribution in [0.15, 0.2) is 0 Å². The zero-order chi connectivity index (χ0) is 12.1. The second-order valence-corrected chi connectivity index (χ2v) is 6.35. The van der Waals surface area contributed by atoms with Crippen molar-refractivity contribution in [1.29, 1.82) is 0 Å². The summed E-state index contributed by atoms with van der Waals surface area (Å²) in [4.78, 5) is 14.8. The first-order chi connectivity index (χ1) is 8.28. The van der Waals surface area contributed by atoms with E-state index in [0.717, 1.165) is 57.5 Å². The molecular formula is C13H24N2OS. The number of carbonyl (C=O) groups is 1. The summed E-state index contributed by atoms with van der Waals surface area (Å²) in [6, 6.07) is 0. The van der Waals surface area contributed by atoms with Gasteiger partial charge in [-0.1, -0.05) is 13.3 Å². The molecular weight excluding hydrogens is 232 g/mol. The van der Waals surface area contributed by atoms with Crippen LogP contribution in [-0.4, -0.2) is 47.5 Å². The van der Waals surface area contributed by atoms with Crippen LogP contribution in [0.25, 0.3) is 0 Å². The van der Waals surface area contributed by atoms with Crippen molar-refractivity contribution in [3.63, 3.8) is 0 Å². The Morgan fingerprint density at radius 3 is 2.94 bits per heavy atom. The maximum Gasteiger partial charge on any atom is 0.242 e. The third kappa shape index (κ3) is 2.97. The molecule has 4 heteroatoms. The summed E-state index contributed by atoms with van der Waals surface area (Å²) in [5, 5.41) is 3.49. The van der Waals surface area contributed by atoms with Crippen LogP contribution in [0.1, 0.15) is 39.0 Å². The molecule has 2 heterocycles. The van der Waals surface area contributed by atoms with Gasteiger partial charge in [0, 0.05) is 18.8 Å². The molecule has 1 atom stereocenters. The summed E-state index contributed by atoms with van der Waals surface area (Å²) in [5.41, 5.74) is -0.218. The average molecular weight is 256 g/mol. The molecule has 0 aromatic carbocycles. The maximum absolute atomic E-state index is 12.7. The molecule has 1 N–H and O–H groups in total. The summed E-state index contributed by atoms with van der Waals surface area (Å²) in [6.45, 7) is 5.08. The van der Waals surface area contributed by atoms with E-state index in [1.54, 1.807) is 0 Å². The van der Waals surface area contributed by atoms with Crippen LogP contribution in [-0.2, 0) is 4.79 Å². The van der Waals surface area contributed by atoms with Gasteiger partial charge in [-0.05, 0) is 38.0 Å². The number of amides is 1. The number of hydrogen-bond donors (Lipinski definition) is 1. The third-order valence-electron chi connectivity index (χ3n) is 3.84. The normalized spacial score (nSPS) is 30.3. The van der Waals surface area contributed by atoms with Crippen molar-refractivity contribution in [1.82, 2.24) is 10.2 Å². The van der Waals surface area contributed by atoms with Crippen molar-refractivity contribution < 1.29 is 4.79 Å². The highest BCUT2D eigenvalue weighted by Gasteiger charge is 2.42. The lowest BCUT2D eigenvalue weighted by atomic mass is 9.90. The van der Waals surface area contributed by atoms with Crippen molar-refractivity contribution in [2.24, 2.45) is 0 Å². The minimum Gasteiger partial charge on any atom is -0.340 e. The molecule has 2 rings (SSSR count). The van der Waals surface area contributed by atoms with Crippen molar-refractivity contribution in [2.75, 3.05) is 31.1 Å². The van der Waals surface area contributed by atoms with Gasteiger partial charge < -0.3 is 10.2 Å². The van der Waals surface area contributed by atoms with Crippen molar-refractivity contribution in [3.8, 4) is 0 Å². The summed E-state index contributed by atoms with van der Waals surface area (Å²) in [5.74, 6) is 2.69. The van der Waals surface area contributed by atoms with Gasteiger partial charge in [0.2, 0.25) is 5.91 Å². The Kier molecular flexibility index (Phi) is 4.74. The van der Waals surface area contributed by atoms with Gasteiger partial charge in [-0.2, -0.15) is 11.8 Å². The van der Waals surface area contributed by atoms with Gasteiger partial charge in [0.1, 0.15) is 0 Å². The topological polar surface area (TPSA) is 32.3 Å². The van der Waals surface area contributed by atoms with Crippen LogP contribution in [0, 0.1) is 0 Å². The Morgan fingerprint density at radius 1 is 1.35 bits per heavy atom. The second kappa shape index (κ2) is 6.10. The molecule has 0 bridgehead atoms. The number of rotatable bonds is 3. The maximum atomic E-state index is 12.7. The first kappa shape index (κ1) is 13.2. The highest BCUT2D eigenvalue weighted by atomic mass is 32.2. The van der Waals surface area contributed by atoms with E-state index in [9.17, 15) is 4.79 Å². The summed E-state index contributed by atoms with van der Waals surface area (Å²) < 4.78 is 0. The summed E-state index contributed by atoms with van der Waals surface area (Å²) in [6.07, 6.45) is 5.41.